The van der Waals surface area contributed by atoms with Gasteiger partial charge in [-0.3, -0.25) is 4.79 Å². The van der Waals surface area contributed by atoms with Gasteiger partial charge < -0.3 is 14.5 Å². The molecule has 2 aromatic heterocycles. The van der Waals surface area contributed by atoms with Gasteiger partial charge in [-0.15, -0.1) is 11.3 Å². The summed E-state index contributed by atoms with van der Waals surface area (Å²) in [5.41, 5.74) is -0.256. The summed E-state index contributed by atoms with van der Waals surface area (Å²) in [6.45, 7) is 5.89. The molecule has 25 heavy (non-hydrogen) atoms. The predicted octanol–water partition coefficient (Wildman–Crippen LogP) is 2.47. The smallest absolute Gasteiger partial charge is 0.230 e. The minimum atomic E-state index is -0.256. The number of carbonyl (C=O) groups is 1. The molecule has 0 aliphatic carbocycles. The Morgan fingerprint density at radius 1 is 1.32 bits per heavy atom. The Morgan fingerprint density at radius 3 is 3.04 bits per heavy atom. The highest BCUT2D eigenvalue weighted by atomic mass is 32.1. The molecule has 2 aliphatic heterocycles. The summed E-state index contributed by atoms with van der Waals surface area (Å²) in [4.78, 5) is 28.6. The summed E-state index contributed by atoms with van der Waals surface area (Å²) in [5.74, 6) is 1.28. The molecular weight excluding hydrogens is 336 g/mol. The van der Waals surface area contributed by atoms with E-state index in [9.17, 15) is 4.79 Å². The van der Waals surface area contributed by atoms with E-state index in [0.717, 1.165) is 54.9 Å². The van der Waals surface area contributed by atoms with Crippen LogP contribution < -0.4 is 4.90 Å². The number of methoxy groups -OCH3 is 1. The number of fused-ring (bicyclic) bond motifs is 1. The molecule has 0 radical (unpaired) electrons. The number of aromatic nitrogens is 2. The number of hydrogen-bond donors (Lipinski definition) is 0. The van der Waals surface area contributed by atoms with E-state index in [1.165, 1.54) is 4.88 Å². The number of ether oxygens (including phenoxy) is 1. The lowest BCUT2D eigenvalue weighted by atomic mass is 9.78. The average Bonchev–Trinajstić information content (AvgIpc) is 3.19. The zero-order chi connectivity index (χ0) is 17.4. The normalized spacial score (nSPS) is 24.0. The Labute approximate surface area is 151 Å². The molecule has 4 rings (SSSR count). The maximum atomic E-state index is 13.1. The largest absolute Gasteiger partial charge is 0.383 e. The lowest BCUT2D eigenvalue weighted by molar-refractivity contribution is -0.145. The van der Waals surface area contributed by atoms with Crippen molar-refractivity contribution in [2.24, 2.45) is 5.41 Å². The molecule has 2 saturated heterocycles. The Morgan fingerprint density at radius 2 is 2.20 bits per heavy atom. The number of thiophene rings is 1. The fraction of sp³-hybridized carbons (Fsp3) is 0.611. The van der Waals surface area contributed by atoms with Gasteiger partial charge in [0.15, 0.2) is 0 Å². The fourth-order valence-electron chi connectivity index (χ4n) is 4.21. The van der Waals surface area contributed by atoms with Crippen LogP contribution in [-0.4, -0.2) is 60.7 Å². The number of carbonyl (C=O) groups excluding carboxylic acids is 1. The number of hydrogen-bond acceptors (Lipinski definition) is 6. The second kappa shape index (κ2) is 6.53. The highest BCUT2D eigenvalue weighted by Crippen LogP contribution is 2.42. The molecule has 0 aromatic carbocycles. The van der Waals surface area contributed by atoms with Gasteiger partial charge in [0.25, 0.3) is 0 Å². The van der Waals surface area contributed by atoms with Crippen LogP contribution in [0, 0.1) is 12.3 Å². The third kappa shape index (κ3) is 2.89. The molecule has 0 saturated carbocycles. The van der Waals surface area contributed by atoms with E-state index >= 15 is 0 Å². The Hall–Kier alpha value is -1.73. The Bertz CT molecular complexity index is 792. The molecule has 1 amide bonds. The minimum absolute atomic E-state index is 0.256. The SMILES string of the molecule is COCCN1CCCC2(CCN(c3ncnc4sc(C)cc34)C2)C1=O. The van der Waals surface area contributed by atoms with Crippen molar-refractivity contribution in [2.75, 3.05) is 44.8 Å². The van der Waals surface area contributed by atoms with Crippen molar-refractivity contribution in [2.45, 2.75) is 26.2 Å². The van der Waals surface area contributed by atoms with Crippen LogP contribution in [0.25, 0.3) is 10.2 Å². The van der Waals surface area contributed by atoms with Gasteiger partial charge in [-0.05, 0) is 32.3 Å². The molecule has 1 atom stereocenters. The summed E-state index contributed by atoms with van der Waals surface area (Å²) in [5, 5.41) is 1.11. The van der Waals surface area contributed by atoms with Gasteiger partial charge in [-0.2, -0.15) is 0 Å². The molecule has 7 heteroatoms. The van der Waals surface area contributed by atoms with Gasteiger partial charge in [0, 0.05) is 38.2 Å². The first-order chi connectivity index (χ1) is 12.1. The van der Waals surface area contributed by atoms with Crippen molar-refractivity contribution in [1.29, 1.82) is 0 Å². The van der Waals surface area contributed by atoms with Gasteiger partial charge in [0.2, 0.25) is 5.91 Å². The first-order valence-electron chi connectivity index (χ1n) is 8.87. The van der Waals surface area contributed by atoms with Crippen LogP contribution in [0.5, 0.6) is 0 Å². The van der Waals surface area contributed by atoms with Crippen molar-refractivity contribution >= 4 is 33.3 Å². The van der Waals surface area contributed by atoms with Gasteiger partial charge in [0.1, 0.15) is 17.0 Å². The van der Waals surface area contributed by atoms with Gasteiger partial charge >= 0.3 is 0 Å². The quantitative estimate of drug-likeness (QED) is 0.838. The van der Waals surface area contributed by atoms with Crippen LogP contribution in [-0.2, 0) is 9.53 Å². The molecule has 2 aliphatic rings. The Balaban J connectivity index is 1.58. The first kappa shape index (κ1) is 16.7. The van der Waals surface area contributed by atoms with Crippen LogP contribution in [0.2, 0.25) is 0 Å². The zero-order valence-electron chi connectivity index (χ0n) is 14.8. The van der Waals surface area contributed by atoms with E-state index in [0.29, 0.717) is 19.1 Å². The van der Waals surface area contributed by atoms with E-state index in [1.807, 2.05) is 4.90 Å². The van der Waals surface area contributed by atoms with E-state index in [2.05, 4.69) is 27.9 Å². The van der Waals surface area contributed by atoms with Crippen molar-refractivity contribution in [3.05, 3.63) is 17.3 Å². The van der Waals surface area contributed by atoms with Crippen LogP contribution in [0.15, 0.2) is 12.4 Å². The summed E-state index contributed by atoms with van der Waals surface area (Å²) < 4.78 is 5.16. The number of anilines is 1. The fourth-order valence-corrected chi connectivity index (χ4v) is 5.06. The van der Waals surface area contributed by atoms with Crippen LogP contribution in [0.3, 0.4) is 0 Å². The maximum absolute atomic E-state index is 13.1. The lowest BCUT2D eigenvalue weighted by Crippen LogP contribution is -2.51. The molecule has 2 fully saturated rings. The van der Waals surface area contributed by atoms with E-state index in [-0.39, 0.29) is 5.41 Å². The number of aryl methyl sites for hydroxylation is 1. The van der Waals surface area contributed by atoms with Gasteiger partial charge in [-0.25, -0.2) is 9.97 Å². The van der Waals surface area contributed by atoms with Gasteiger partial charge in [0.05, 0.1) is 17.4 Å². The molecule has 6 nitrogen and oxygen atoms in total. The number of likely N-dealkylation sites (tertiary alicyclic amines) is 1. The van der Waals surface area contributed by atoms with Crippen LogP contribution in [0.1, 0.15) is 24.1 Å². The second-order valence-corrected chi connectivity index (χ2v) is 8.35. The topological polar surface area (TPSA) is 58.6 Å². The number of nitrogens with zero attached hydrogens (tertiary/aromatic N) is 4. The molecule has 134 valence electrons. The number of piperidine rings is 1. The summed E-state index contributed by atoms with van der Waals surface area (Å²) in [6, 6.07) is 2.16. The first-order valence-corrected chi connectivity index (χ1v) is 9.69. The highest BCUT2D eigenvalue weighted by Gasteiger charge is 2.48. The average molecular weight is 360 g/mol. The van der Waals surface area contributed by atoms with E-state index < -0.39 is 0 Å². The molecule has 4 heterocycles. The second-order valence-electron chi connectivity index (χ2n) is 7.11. The van der Waals surface area contributed by atoms with Crippen molar-refractivity contribution in [1.82, 2.24) is 14.9 Å². The molecular formula is C18H24N4O2S. The molecule has 0 N–H and O–H groups in total. The Kier molecular flexibility index (Phi) is 4.37. The number of amides is 1. The van der Waals surface area contributed by atoms with Crippen molar-refractivity contribution < 1.29 is 9.53 Å². The molecule has 0 bridgehead atoms. The molecule has 1 unspecified atom stereocenters. The molecule has 2 aromatic rings. The minimum Gasteiger partial charge on any atom is -0.383 e. The summed E-state index contributed by atoms with van der Waals surface area (Å²) >= 11 is 1.70. The van der Waals surface area contributed by atoms with Crippen LogP contribution in [0.4, 0.5) is 5.82 Å². The summed E-state index contributed by atoms with van der Waals surface area (Å²) in [7, 11) is 1.69. The van der Waals surface area contributed by atoms with Gasteiger partial charge in [-0.1, -0.05) is 0 Å². The highest BCUT2D eigenvalue weighted by molar-refractivity contribution is 7.18. The third-order valence-electron chi connectivity index (χ3n) is 5.47. The zero-order valence-corrected chi connectivity index (χ0v) is 15.6. The lowest BCUT2D eigenvalue weighted by Gasteiger charge is -2.39. The van der Waals surface area contributed by atoms with Crippen molar-refractivity contribution in [3.8, 4) is 0 Å². The standard InChI is InChI=1S/C18H24N4O2S/c1-13-10-14-15(19-12-20-16(14)25-13)22-7-5-18(11-22)4-3-6-21(17(18)23)8-9-24-2/h10,12H,3-9,11H2,1-2H3. The number of rotatable bonds is 4. The van der Waals surface area contributed by atoms with E-state index in [1.54, 1.807) is 24.8 Å². The maximum Gasteiger partial charge on any atom is 0.230 e. The van der Waals surface area contributed by atoms with E-state index in [4.69, 9.17) is 4.74 Å². The predicted molar refractivity (Wildman–Crippen MR) is 99.1 cm³/mol. The monoisotopic (exact) mass is 360 g/mol. The molecule has 1 spiro atoms. The van der Waals surface area contributed by atoms with Crippen LogP contribution >= 0.6 is 11.3 Å². The summed E-state index contributed by atoms with van der Waals surface area (Å²) in [6.07, 6.45) is 4.60. The van der Waals surface area contributed by atoms with Crippen molar-refractivity contribution in [3.63, 3.8) is 0 Å². The third-order valence-corrected chi connectivity index (χ3v) is 6.43.